The van der Waals surface area contributed by atoms with Crippen LogP contribution in [0.2, 0.25) is 19.6 Å². The summed E-state index contributed by atoms with van der Waals surface area (Å²) in [7, 11) is -5.10. The van der Waals surface area contributed by atoms with E-state index in [4.69, 9.17) is 0 Å². The molecule has 2 aliphatic heterocycles. The molecule has 0 unspecified atom stereocenters. The van der Waals surface area contributed by atoms with Crippen LogP contribution in [0.5, 0.6) is 0 Å². The van der Waals surface area contributed by atoms with Gasteiger partial charge in [0.1, 0.15) is 0 Å². The lowest BCUT2D eigenvalue weighted by Crippen LogP contribution is -2.80. The first-order valence-electron chi connectivity index (χ1n) is 8.11. The van der Waals surface area contributed by atoms with Crippen molar-refractivity contribution in [1.29, 1.82) is 0 Å². The van der Waals surface area contributed by atoms with Crippen LogP contribution in [0.15, 0.2) is 40.8 Å². The van der Waals surface area contributed by atoms with Gasteiger partial charge in [0.15, 0.2) is 0 Å². The summed E-state index contributed by atoms with van der Waals surface area (Å²) < 4.78 is 25.5. The Labute approximate surface area is 140 Å². The molecule has 6 heteroatoms. The number of hydrazine groups is 1. The van der Waals surface area contributed by atoms with E-state index in [9.17, 15) is 8.42 Å². The Morgan fingerprint density at radius 1 is 1.17 bits per heavy atom. The molecule has 4 nitrogen and oxygen atoms in total. The molecule has 1 aromatic carbocycles. The summed E-state index contributed by atoms with van der Waals surface area (Å²) in [4.78, 5) is 3.23. The predicted molar refractivity (Wildman–Crippen MR) is 96.2 cm³/mol. The molecule has 1 fully saturated rings. The average molecular weight is 351 g/mol. The van der Waals surface area contributed by atoms with Gasteiger partial charge in [0.25, 0.3) is 10.0 Å². The highest BCUT2D eigenvalue weighted by Gasteiger charge is 2.61. The standard InChI is InChI=1S/C17H26N2O2SSi/c1-13-6-8-16(9-7-13)22(20,21)18-19-15-10-14(2)11-17(19,12-15)23(3,4)5/h6-10,15,18H,11-12H2,1-5H3/t15-,17+/m1/s1. The van der Waals surface area contributed by atoms with Crippen molar-refractivity contribution in [1.82, 2.24) is 9.84 Å². The second-order valence-electron chi connectivity index (χ2n) is 8.02. The zero-order chi connectivity index (χ0) is 17.0. The fourth-order valence-corrected chi connectivity index (χ4v) is 7.69. The molecular formula is C17H26N2O2SSi. The van der Waals surface area contributed by atoms with Crippen LogP contribution < -0.4 is 4.83 Å². The predicted octanol–water partition coefficient (Wildman–Crippen LogP) is 3.23. The van der Waals surface area contributed by atoms with Gasteiger partial charge in [0, 0.05) is 11.2 Å². The summed E-state index contributed by atoms with van der Waals surface area (Å²) in [6.45, 7) is 11.1. The topological polar surface area (TPSA) is 49.4 Å². The van der Waals surface area contributed by atoms with Crippen molar-refractivity contribution in [2.45, 2.75) is 62.4 Å². The van der Waals surface area contributed by atoms with Crippen LogP contribution in [0.1, 0.15) is 25.3 Å². The molecule has 2 atom stereocenters. The molecule has 126 valence electrons. The molecule has 0 spiro atoms. The second-order valence-corrected chi connectivity index (χ2v) is 15.1. The summed E-state index contributed by atoms with van der Waals surface area (Å²) >= 11 is 0. The summed E-state index contributed by atoms with van der Waals surface area (Å²) in [5.74, 6) is 0. The van der Waals surface area contributed by atoms with Crippen LogP contribution in [-0.4, -0.2) is 32.7 Å². The van der Waals surface area contributed by atoms with E-state index in [1.54, 1.807) is 12.1 Å². The Kier molecular flexibility index (Phi) is 3.87. The molecule has 1 aliphatic carbocycles. The van der Waals surface area contributed by atoms with E-state index in [0.29, 0.717) is 4.90 Å². The van der Waals surface area contributed by atoms with Gasteiger partial charge in [-0.1, -0.05) is 49.0 Å². The van der Waals surface area contributed by atoms with Crippen molar-refractivity contribution in [3.63, 3.8) is 0 Å². The normalized spacial score (nSPS) is 28.2. The molecule has 2 bridgehead atoms. The highest BCUT2D eigenvalue weighted by atomic mass is 32.2. The maximum Gasteiger partial charge on any atom is 0.253 e. The summed E-state index contributed by atoms with van der Waals surface area (Å²) in [5, 5.41) is 2.02. The van der Waals surface area contributed by atoms with Gasteiger partial charge < -0.3 is 0 Å². The second kappa shape index (κ2) is 5.27. The minimum Gasteiger partial charge on any atom is -0.220 e. The van der Waals surface area contributed by atoms with Crippen LogP contribution in [0.3, 0.4) is 0 Å². The lowest BCUT2D eigenvalue weighted by atomic mass is 9.82. The third-order valence-corrected chi connectivity index (χ3v) is 10.1. The van der Waals surface area contributed by atoms with Gasteiger partial charge in [-0.2, -0.15) is 0 Å². The van der Waals surface area contributed by atoms with E-state index in [1.165, 1.54) is 5.57 Å². The Balaban J connectivity index is 1.92. The van der Waals surface area contributed by atoms with Gasteiger partial charge in [-0.25, -0.2) is 13.4 Å². The fraction of sp³-hybridized carbons (Fsp3) is 0.529. The fourth-order valence-electron chi connectivity index (χ4n) is 3.87. The molecule has 3 aliphatic rings. The van der Waals surface area contributed by atoms with Crippen molar-refractivity contribution < 1.29 is 8.42 Å². The third-order valence-electron chi connectivity index (χ3n) is 5.33. The summed E-state index contributed by atoms with van der Waals surface area (Å²) in [6.07, 6.45) is 4.24. The van der Waals surface area contributed by atoms with Crippen molar-refractivity contribution in [3.05, 3.63) is 41.5 Å². The largest absolute Gasteiger partial charge is 0.253 e. The highest BCUT2D eigenvalue weighted by Crippen LogP contribution is 2.50. The number of benzene rings is 1. The van der Waals surface area contributed by atoms with Crippen molar-refractivity contribution >= 4 is 18.1 Å². The molecule has 0 radical (unpaired) electrons. The lowest BCUT2D eigenvalue weighted by Gasteiger charge is -2.65. The minimum atomic E-state index is -3.53. The summed E-state index contributed by atoms with van der Waals surface area (Å²) in [5.41, 5.74) is 2.44. The molecule has 0 amide bonds. The van der Waals surface area contributed by atoms with Crippen molar-refractivity contribution in [3.8, 4) is 0 Å². The number of hydrogen-bond donors (Lipinski definition) is 1. The number of rotatable bonds is 4. The zero-order valence-corrected chi connectivity index (χ0v) is 16.4. The number of nitrogens with zero attached hydrogens (tertiary/aromatic N) is 1. The Morgan fingerprint density at radius 2 is 1.78 bits per heavy atom. The Bertz CT molecular complexity index is 750. The zero-order valence-electron chi connectivity index (χ0n) is 14.6. The lowest BCUT2D eigenvalue weighted by molar-refractivity contribution is -0.0320. The molecule has 2 heterocycles. The molecule has 0 aromatic heterocycles. The number of nitrogens with one attached hydrogen (secondary N) is 1. The van der Waals surface area contributed by atoms with E-state index in [0.717, 1.165) is 18.4 Å². The van der Waals surface area contributed by atoms with Gasteiger partial charge in [-0.15, -0.1) is 4.83 Å². The SMILES string of the molecule is CC1=C[C@@H]2C[C@@]([Si](C)(C)C)(C1)N2NS(=O)(=O)c1ccc(C)cc1. The summed E-state index contributed by atoms with van der Waals surface area (Å²) in [6, 6.07) is 7.22. The van der Waals surface area contributed by atoms with Crippen LogP contribution >= 0.6 is 0 Å². The number of fused-ring (bicyclic) bond motifs is 1. The van der Waals surface area contributed by atoms with E-state index < -0.39 is 18.1 Å². The molecule has 1 saturated heterocycles. The minimum absolute atomic E-state index is 0.00569. The van der Waals surface area contributed by atoms with Gasteiger partial charge >= 0.3 is 0 Å². The maximum absolute atomic E-state index is 12.8. The monoisotopic (exact) mass is 350 g/mol. The van der Waals surface area contributed by atoms with E-state index >= 15 is 0 Å². The molecule has 23 heavy (non-hydrogen) atoms. The first-order valence-corrected chi connectivity index (χ1v) is 13.1. The van der Waals surface area contributed by atoms with Crippen molar-refractivity contribution in [2.24, 2.45) is 0 Å². The van der Waals surface area contributed by atoms with Gasteiger partial charge in [-0.3, -0.25) is 0 Å². The van der Waals surface area contributed by atoms with Crippen LogP contribution in [0, 0.1) is 6.92 Å². The van der Waals surface area contributed by atoms with Gasteiger partial charge in [-0.05, 0) is 38.8 Å². The number of aryl methyl sites for hydroxylation is 1. The number of sulfonamides is 1. The highest BCUT2D eigenvalue weighted by molar-refractivity contribution is 7.89. The quantitative estimate of drug-likeness (QED) is 0.670. The molecule has 1 aromatic rings. The number of hydrogen-bond acceptors (Lipinski definition) is 3. The first kappa shape index (κ1) is 16.9. The first-order chi connectivity index (χ1) is 10.6. The van der Waals surface area contributed by atoms with Crippen LogP contribution in [0.25, 0.3) is 0 Å². The van der Waals surface area contributed by atoms with Crippen molar-refractivity contribution in [2.75, 3.05) is 0 Å². The Morgan fingerprint density at radius 3 is 2.35 bits per heavy atom. The maximum atomic E-state index is 12.8. The van der Waals surface area contributed by atoms with E-state index in [2.05, 4.69) is 37.5 Å². The van der Waals surface area contributed by atoms with Crippen LogP contribution in [0.4, 0.5) is 0 Å². The smallest absolute Gasteiger partial charge is 0.220 e. The third kappa shape index (κ3) is 2.71. The molecule has 1 N–H and O–H groups in total. The van der Waals surface area contributed by atoms with Gasteiger partial charge in [0.05, 0.1) is 13.0 Å². The molecular weight excluding hydrogens is 324 g/mol. The average Bonchev–Trinajstić information content (AvgIpc) is 2.43. The van der Waals surface area contributed by atoms with E-state index in [1.807, 2.05) is 24.1 Å². The van der Waals surface area contributed by atoms with Gasteiger partial charge in [0.2, 0.25) is 0 Å². The van der Waals surface area contributed by atoms with Crippen LogP contribution in [-0.2, 0) is 10.0 Å². The molecule has 4 rings (SSSR count). The van der Waals surface area contributed by atoms with E-state index in [-0.39, 0.29) is 11.2 Å². The molecule has 0 saturated carbocycles. The Hall–Kier alpha value is -0.953.